The lowest BCUT2D eigenvalue weighted by Crippen LogP contribution is -2.42. The summed E-state index contributed by atoms with van der Waals surface area (Å²) < 4.78 is 0. The summed E-state index contributed by atoms with van der Waals surface area (Å²) in [5, 5.41) is 0. The minimum atomic E-state index is 0. The van der Waals surface area contributed by atoms with Gasteiger partial charge >= 0.3 is 0 Å². The van der Waals surface area contributed by atoms with Gasteiger partial charge in [0.25, 0.3) is 0 Å². The molecule has 0 heterocycles. The molecule has 1 aliphatic rings. The van der Waals surface area contributed by atoms with Crippen molar-refractivity contribution >= 4 is 36.4 Å². The molecule has 1 saturated carbocycles. The molecule has 2 N–H and O–H groups in total. The van der Waals surface area contributed by atoms with Crippen LogP contribution in [0, 0.1) is 5.41 Å². The highest BCUT2D eigenvalue weighted by Gasteiger charge is 2.34. The molecule has 1 fully saturated rings. The summed E-state index contributed by atoms with van der Waals surface area (Å²) in [6, 6.07) is 10.0. The van der Waals surface area contributed by atoms with Crippen molar-refractivity contribution in [1.82, 2.24) is 4.90 Å². The van der Waals surface area contributed by atoms with Crippen molar-refractivity contribution in [2.75, 3.05) is 38.6 Å². The Hall–Kier alpha value is -0.810. The molecule has 1 amide bonds. The Morgan fingerprint density at radius 3 is 2.16 bits per heavy atom. The van der Waals surface area contributed by atoms with Crippen LogP contribution in [0.15, 0.2) is 30.3 Å². The number of rotatable bonds is 7. The summed E-state index contributed by atoms with van der Waals surface area (Å²) in [6.07, 6.45) is 6.43. The number of benzene rings is 1. The summed E-state index contributed by atoms with van der Waals surface area (Å²) >= 11 is 0. The number of nitrogens with zero attached hydrogens (tertiary/aromatic N) is 2. The van der Waals surface area contributed by atoms with E-state index in [4.69, 9.17) is 5.73 Å². The van der Waals surface area contributed by atoms with Gasteiger partial charge in [-0.3, -0.25) is 4.79 Å². The molecule has 0 saturated heterocycles. The number of para-hydroxylation sites is 1. The standard InChI is InChI=1S/C19H31N3O.2ClH/c1-21(2)13-14-22(17-9-5-3-6-10-17)18(23)15-19(16-20)11-7-4-8-12-19;;/h3,5-6,9-10H,4,7-8,11-16,20H2,1-2H3;2*1H. The minimum Gasteiger partial charge on any atom is -0.330 e. The second kappa shape index (κ2) is 11.7. The number of hydrogen-bond acceptors (Lipinski definition) is 3. The second-order valence-electron chi connectivity index (χ2n) is 7.13. The number of carbonyl (C=O) groups excluding carboxylic acids is 1. The molecule has 0 radical (unpaired) electrons. The third kappa shape index (κ3) is 7.14. The molecule has 0 aromatic heterocycles. The molecule has 4 nitrogen and oxygen atoms in total. The number of carbonyl (C=O) groups is 1. The average Bonchev–Trinajstić information content (AvgIpc) is 2.56. The first-order valence-corrected chi connectivity index (χ1v) is 8.76. The summed E-state index contributed by atoms with van der Waals surface area (Å²) in [6.45, 7) is 2.20. The largest absolute Gasteiger partial charge is 0.330 e. The van der Waals surface area contributed by atoms with Crippen LogP contribution in [-0.2, 0) is 4.79 Å². The zero-order chi connectivity index (χ0) is 16.7. The normalized spacial score (nSPS) is 15.8. The number of anilines is 1. The van der Waals surface area contributed by atoms with E-state index in [0.717, 1.165) is 31.6 Å². The van der Waals surface area contributed by atoms with Gasteiger partial charge in [0.15, 0.2) is 0 Å². The molecule has 0 aliphatic heterocycles. The molecule has 0 atom stereocenters. The van der Waals surface area contributed by atoms with Crippen LogP contribution in [0.2, 0.25) is 0 Å². The fraction of sp³-hybridized carbons (Fsp3) is 0.632. The lowest BCUT2D eigenvalue weighted by Gasteiger charge is -2.37. The van der Waals surface area contributed by atoms with Crippen LogP contribution in [0.5, 0.6) is 0 Å². The lowest BCUT2D eigenvalue weighted by molar-refractivity contribution is -0.121. The van der Waals surface area contributed by atoms with Crippen molar-refractivity contribution in [3.8, 4) is 0 Å². The Morgan fingerprint density at radius 2 is 1.64 bits per heavy atom. The molecular weight excluding hydrogens is 357 g/mol. The number of hydrogen-bond donors (Lipinski definition) is 1. The zero-order valence-electron chi connectivity index (χ0n) is 15.4. The lowest BCUT2D eigenvalue weighted by atomic mass is 9.71. The van der Waals surface area contributed by atoms with Crippen LogP contribution in [0.3, 0.4) is 0 Å². The van der Waals surface area contributed by atoms with Gasteiger partial charge in [0.2, 0.25) is 5.91 Å². The van der Waals surface area contributed by atoms with Crippen LogP contribution in [0.1, 0.15) is 38.5 Å². The maximum absolute atomic E-state index is 13.0. The molecule has 1 aliphatic carbocycles. The molecule has 1 aromatic rings. The van der Waals surface area contributed by atoms with E-state index in [1.807, 2.05) is 49.3 Å². The Bertz CT molecular complexity index is 491. The highest BCUT2D eigenvalue weighted by atomic mass is 35.5. The molecule has 144 valence electrons. The van der Waals surface area contributed by atoms with E-state index in [-0.39, 0.29) is 36.1 Å². The van der Waals surface area contributed by atoms with E-state index in [9.17, 15) is 4.79 Å². The summed E-state index contributed by atoms with van der Waals surface area (Å²) in [4.78, 5) is 17.1. The summed E-state index contributed by atoms with van der Waals surface area (Å²) in [7, 11) is 4.08. The number of amides is 1. The van der Waals surface area contributed by atoms with Gasteiger partial charge in [0.1, 0.15) is 0 Å². The van der Waals surface area contributed by atoms with Crippen molar-refractivity contribution in [3.05, 3.63) is 30.3 Å². The smallest absolute Gasteiger partial charge is 0.227 e. The van der Waals surface area contributed by atoms with Crippen molar-refractivity contribution < 1.29 is 4.79 Å². The SMILES string of the molecule is CN(C)CCN(C(=O)CC1(CN)CCCCC1)c1ccccc1.Cl.Cl. The van der Waals surface area contributed by atoms with Crippen LogP contribution in [-0.4, -0.2) is 44.5 Å². The molecule has 25 heavy (non-hydrogen) atoms. The van der Waals surface area contributed by atoms with Gasteiger partial charge in [-0.2, -0.15) is 0 Å². The first-order chi connectivity index (χ1) is 11.1. The Kier molecular flexibility index (Phi) is 11.4. The molecule has 0 bridgehead atoms. The van der Waals surface area contributed by atoms with Gasteiger partial charge in [0.05, 0.1) is 0 Å². The van der Waals surface area contributed by atoms with Crippen LogP contribution >= 0.6 is 24.8 Å². The average molecular weight is 390 g/mol. The van der Waals surface area contributed by atoms with Crippen molar-refractivity contribution in [3.63, 3.8) is 0 Å². The quantitative estimate of drug-likeness (QED) is 0.772. The third-order valence-electron chi connectivity index (χ3n) is 5.01. The number of nitrogens with two attached hydrogens (primary N) is 1. The molecule has 0 unspecified atom stereocenters. The van der Waals surface area contributed by atoms with Crippen LogP contribution < -0.4 is 10.6 Å². The molecule has 2 rings (SSSR count). The number of likely N-dealkylation sites (N-methyl/N-ethyl adjacent to an activating group) is 1. The fourth-order valence-corrected chi connectivity index (χ4v) is 3.48. The van der Waals surface area contributed by atoms with Crippen molar-refractivity contribution in [1.29, 1.82) is 0 Å². The highest BCUT2D eigenvalue weighted by molar-refractivity contribution is 5.93. The minimum absolute atomic E-state index is 0. The van der Waals surface area contributed by atoms with Gasteiger partial charge in [-0.1, -0.05) is 37.5 Å². The van der Waals surface area contributed by atoms with Gasteiger partial charge in [0, 0.05) is 25.2 Å². The van der Waals surface area contributed by atoms with E-state index in [0.29, 0.717) is 13.0 Å². The summed E-state index contributed by atoms with van der Waals surface area (Å²) in [5.41, 5.74) is 7.07. The Labute approximate surface area is 164 Å². The van der Waals surface area contributed by atoms with E-state index < -0.39 is 0 Å². The first kappa shape index (κ1) is 24.2. The van der Waals surface area contributed by atoms with Crippen molar-refractivity contribution in [2.45, 2.75) is 38.5 Å². The molecular formula is C19H33Cl2N3O. The fourth-order valence-electron chi connectivity index (χ4n) is 3.48. The topological polar surface area (TPSA) is 49.6 Å². The van der Waals surface area contributed by atoms with E-state index in [1.54, 1.807) is 0 Å². The maximum atomic E-state index is 13.0. The van der Waals surface area contributed by atoms with E-state index in [2.05, 4.69) is 4.90 Å². The van der Waals surface area contributed by atoms with E-state index >= 15 is 0 Å². The first-order valence-electron chi connectivity index (χ1n) is 8.76. The molecule has 1 aromatic carbocycles. The Balaban J connectivity index is 0.00000288. The zero-order valence-corrected chi connectivity index (χ0v) is 17.1. The predicted octanol–water partition coefficient (Wildman–Crippen LogP) is 3.72. The van der Waals surface area contributed by atoms with Gasteiger partial charge in [-0.25, -0.2) is 0 Å². The highest BCUT2D eigenvalue weighted by Crippen LogP contribution is 2.39. The third-order valence-corrected chi connectivity index (χ3v) is 5.01. The van der Waals surface area contributed by atoms with Gasteiger partial charge in [-0.05, 0) is 51.0 Å². The predicted molar refractivity (Wildman–Crippen MR) is 111 cm³/mol. The summed E-state index contributed by atoms with van der Waals surface area (Å²) in [5.74, 6) is 0.213. The monoisotopic (exact) mass is 389 g/mol. The van der Waals surface area contributed by atoms with Gasteiger partial charge in [-0.15, -0.1) is 24.8 Å². The number of halogens is 2. The Morgan fingerprint density at radius 1 is 1.04 bits per heavy atom. The van der Waals surface area contributed by atoms with Crippen LogP contribution in [0.25, 0.3) is 0 Å². The maximum Gasteiger partial charge on any atom is 0.227 e. The van der Waals surface area contributed by atoms with E-state index in [1.165, 1.54) is 19.3 Å². The second-order valence-corrected chi connectivity index (χ2v) is 7.13. The van der Waals surface area contributed by atoms with Gasteiger partial charge < -0.3 is 15.5 Å². The molecule has 6 heteroatoms. The van der Waals surface area contributed by atoms with Crippen LogP contribution in [0.4, 0.5) is 5.69 Å². The van der Waals surface area contributed by atoms with Crippen molar-refractivity contribution in [2.24, 2.45) is 11.1 Å². The molecule has 0 spiro atoms.